The highest BCUT2D eigenvalue weighted by molar-refractivity contribution is 5.26. The van der Waals surface area contributed by atoms with Crippen LogP contribution in [0.5, 0.6) is 0 Å². The van der Waals surface area contributed by atoms with Gasteiger partial charge in [0.1, 0.15) is 0 Å². The van der Waals surface area contributed by atoms with E-state index in [9.17, 15) is 0 Å². The maximum absolute atomic E-state index is 5.82. The minimum absolute atomic E-state index is 0.154. The Balaban J connectivity index is 5.00. The third-order valence-corrected chi connectivity index (χ3v) is 3.71. The zero-order chi connectivity index (χ0) is 17.1. The molecule has 2 unspecified atom stereocenters. The van der Waals surface area contributed by atoms with E-state index in [2.05, 4.69) is 47.3 Å². The second-order valence-corrected chi connectivity index (χ2v) is 6.54. The van der Waals surface area contributed by atoms with Gasteiger partial charge in [0.2, 0.25) is 0 Å². The second-order valence-electron chi connectivity index (χ2n) is 6.54. The third kappa shape index (κ3) is 8.43. The van der Waals surface area contributed by atoms with Gasteiger partial charge in [-0.15, -0.1) is 0 Å². The SMILES string of the molecule is C=CC(=CC=C(C)OC(CC)OCC)C(CC(C)C)C(C)C. The fourth-order valence-corrected chi connectivity index (χ4v) is 2.53. The molecule has 0 N–H and O–H groups in total. The lowest BCUT2D eigenvalue weighted by atomic mass is 9.81. The summed E-state index contributed by atoms with van der Waals surface area (Å²) in [6.45, 7) is 19.8. The molecule has 2 nitrogen and oxygen atoms in total. The largest absolute Gasteiger partial charge is 0.470 e. The summed E-state index contributed by atoms with van der Waals surface area (Å²) in [5.74, 6) is 2.70. The van der Waals surface area contributed by atoms with Crippen LogP contribution in [-0.2, 0) is 9.47 Å². The van der Waals surface area contributed by atoms with E-state index in [1.807, 2.05) is 26.0 Å². The van der Waals surface area contributed by atoms with Crippen molar-refractivity contribution < 1.29 is 9.47 Å². The summed E-state index contributed by atoms with van der Waals surface area (Å²) in [6.07, 6.45) is 8.04. The first-order valence-corrected chi connectivity index (χ1v) is 8.64. The number of allylic oxidation sites excluding steroid dienone is 5. The minimum Gasteiger partial charge on any atom is -0.470 e. The van der Waals surface area contributed by atoms with Crippen molar-refractivity contribution in [2.75, 3.05) is 6.61 Å². The molecule has 0 bridgehead atoms. The Hall–Kier alpha value is -1.02. The van der Waals surface area contributed by atoms with Gasteiger partial charge in [-0.2, -0.15) is 0 Å². The van der Waals surface area contributed by atoms with Crippen LogP contribution in [0.4, 0.5) is 0 Å². The summed E-state index contributed by atoms with van der Waals surface area (Å²) < 4.78 is 11.3. The summed E-state index contributed by atoms with van der Waals surface area (Å²) in [5, 5.41) is 0. The van der Waals surface area contributed by atoms with Crippen molar-refractivity contribution in [3.05, 3.63) is 36.1 Å². The highest BCUT2D eigenvalue weighted by Gasteiger charge is 2.17. The molecule has 0 aromatic carbocycles. The molecule has 2 heteroatoms. The van der Waals surface area contributed by atoms with Crippen LogP contribution in [0.15, 0.2) is 36.1 Å². The van der Waals surface area contributed by atoms with E-state index >= 15 is 0 Å². The van der Waals surface area contributed by atoms with Gasteiger partial charge < -0.3 is 9.47 Å². The third-order valence-electron chi connectivity index (χ3n) is 3.71. The zero-order valence-corrected chi connectivity index (χ0v) is 15.7. The molecular weight excluding hydrogens is 272 g/mol. The Morgan fingerprint density at radius 1 is 1.09 bits per heavy atom. The van der Waals surface area contributed by atoms with Gasteiger partial charge in [-0.3, -0.25) is 0 Å². The van der Waals surface area contributed by atoms with E-state index < -0.39 is 0 Å². The summed E-state index contributed by atoms with van der Waals surface area (Å²) in [4.78, 5) is 0. The van der Waals surface area contributed by atoms with Gasteiger partial charge in [-0.1, -0.05) is 53.3 Å². The predicted molar refractivity (Wildman–Crippen MR) is 96.6 cm³/mol. The van der Waals surface area contributed by atoms with Gasteiger partial charge in [0.05, 0.1) is 5.76 Å². The van der Waals surface area contributed by atoms with Crippen LogP contribution >= 0.6 is 0 Å². The number of hydrogen-bond acceptors (Lipinski definition) is 2. The molecule has 0 aromatic rings. The molecule has 0 aliphatic rings. The Labute approximate surface area is 138 Å². The Bertz CT molecular complexity index is 364. The van der Waals surface area contributed by atoms with Gasteiger partial charge in [0, 0.05) is 13.0 Å². The van der Waals surface area contributed by atoms with Crippen molar-refractivity contribution in [3.8, 4) is 0 Å². The maximum atomic E-state index is 5.82. The van der Waals surface area contributed by atoms with E-state index in [4.69, 9.17) is 9.47 Å². The number of rotatable bonds is 11. The van der Waals surface area contributed by atoms with Crippen molar-refractivity contribution in [1.82, 2.24) is 0 Å². The van der Waals surface area contributed by atoms with Gasteiger partial charge >= 0.3 is 0 Å². The Kier molecular flexibility index (Phi) is 11.0. The number of ether oxygens (including phenoxy) is 2. The van der Waals surface area contributed by atoms with Crippen LogP contribution in [0.3, 0.4) is 0 Å². The highest BCUT2D eigenvalue weighted by Crippen LogP contribution is 2.28. The quantitative estimate of drug-likeness (QED) is 0.260. The first kappa shape index (κ1) is 21.0. The van der Waals surface area contributed by atoms with E-state index in [0.29, 0.717) is 24.4 Å². The normalized spacial score (nSPS) is 16.0. The van der Waals surface area contributed by atoms with Crippen molar-refractivity contribution >= 4 is 0 Å². The van der Waals surface area contributed by atoms with Crippen molar-refractivity contribution in [2.45, 2.75) is 67.6 Å². The molecule has 0 aromatic heterocycles. The summed E-state index contributed by atoms with van der Waals surface area (Å²) in [6, 6.07) is 0. The lowest BCUT2D eigenvalue weighted by molar-refractivity contribution is -0.113. The molecule has 0 saturated heterocycles. The Morgan fingerprint density at radius 3 is 2.14 bits per heavy atom. The topological polar surface area (TPSA) is 18.5 Å². The maximum Gasteiger partial charge on any atom is 0.199 e. The van der Waals surface area contributed by atoms with Gasteiger partial charge in [-0.25, -0.2) is 0 Å². The van der Waals surface area contributed by atoms with Crippen LogP contribution in [-0.4, -0.2) is 12.9 Å². The molecule has 0 aliphatic carbocycles. The fourth-order valence-electron chi connectivity index (χ4n) is 2.53. The van der Waals surface area contributed by atoms with E-state index in [1.165, 1.54) is 12.0 Å². The van der Waals surface area contributed by atoms with Crippen molar-refractivity contribution in [2.24, 2.45) is 17.8 Å². The first-order chi connectivity index (χ1) is 10.3. The highest BCUT2D eigenvalue weighted by atomic mass is 16.7. The van der Waals surface area contributed by atoms with E-state index in [1.54, 1.807) is 0 Å². The van der Waals surface area contributed by atoms with Crippen molar-refractivity contribution in [1.29, 1.82) is 0 Å². The molecule has 0 aliphatic heterocycles. The lowest BCUT2D eigenvalue weighted by Crippen LogP contribution is -2.15. The molecule has 0 spiro atoms. The van der Waals surface area contributed by atoms with Crippen LogP contribution in [0.25, 0.3) is 0 Å². The Morgan fingerprint density at radius 2 is 1.73 bits per heavy atom. The second kappa shape index (κ2) is 11.5. The molecule has 2 atom stereocenters. The standard InChI is InChI=1S/C20H36O2/c1-9-18(19(16(6)7)14-15(4)5)13-12-17(8)22-20(10-2)21-11-3/h9,12-13,15-16,19-20H,1,10-11,14H2,2-8H3. The molecule has 0 saturated carbocycles. The molecule has 0 radical (unpaired) electrons. The van der Waals surface area contributed by atoms with Gasteiger partial charge in [-0.05, 0) is 49.7 Å². The number of hydrogen-bond donors (Lipinski definition) is 0. The van der Waals surface area contributed by atoms with Crippen LogP contribution in [0, 0.1) is 17.8 Å². The molecule has 0 amide bonds. The van der Waals surface area contributed by atoms with Gasteiger partial charge in [0.15, 0.2) is 6.29 Å². The smallest absolute Gasteiger partial charge is 0.199 e. The molecule has 22 heavy (non-hydrogen) atoms. The minimum atomic E-state index is -0.154. The predicted octanol–water partition coefficient (Wildman–Crippen LogP) is 6.11. The summed E-state index contributed by atoms with van der Waals surface area (Å²) in [7, 11) is 0. The van der Waals surface area contributed by atoms with Crippen molar-refractivity contribution in [3.63, 3.8) is 0 Å². The summed E-state index contributed by atoms with van der Waals surface area (Å²) in [5.41, 5.74) is 1.29. The molecule has 0 fully saturated rings. The first-order valence-electron chi connectivity index (χ1n) is 8.64. The molecule has 0 heterocycles. The summed E-state index contributed by atoms with van der Waals surface area (Å²) >= 11 is 0. The lowest BCUT2D eigenvalue weighted by Gasteiger charge is -2.24. The van der Waals surface area contributed by atoms with Crippen LogP contribution < -0.4 is 0 Å². The fraction of sp³-hybridized carbons (Fsp3) is 0.700. The molecule has 0 rings (SSSR count). The average Bonchev–Trinajstić information content (AvgIpc) is 2.45. The molecular formula is C20H36O2. The van der Waals surface area contributed by atoms with E-state index in [0.717, 1.165) is 12.2 Å². The van der Waals surface area contributed by atoms with Gasteiger partial charge in [0.25, 0.3) is 0 Å². The zero-order valence-electron chi connectivity index (χ0n) is 15.7. The van der Waals surface area contributed by atoms with E-state index in [-0.39, 0.29) is 6.29 Å². The van der Waals surface area contributed by atoms with Crippen LogP contribution in [0.1, 0.15) is 61.3 Å². The van der Waals surface area contributed by atoms with Crippen LogP contribution in [0.2, 0.25) is 0 Å². The monoisotopic (exact) mass is 308 g/mol. The molecule has 128 valence electrons. The average molecular weight is 309 g/mol.